The van der Waals surface area contributed by atoms with Crippen molar-refractivity contribution in [2.24, 2.45) is 5.14 Å². The average molecular weight is 606 g/mol. The van der Waals surface area contributed by atoms with Gasteiger partial charge in [-0.2, -0.15) is 0 Å². The summed E-state index contributed by atoms with van der Waals surface area (Å²) >= 11 is 3.23. The minimum absolute atomic E-state index is 0.0193. The van der Waals surface area contributed by atoms with Crippen LogP contribution in [0.2, 0.25) is 0 Å². The molecule has 0 saturated carbocycles. The molecule has 0 unspecified atom stereocenters. The highest BCUT2D eigenvalue weighted by atomic mass is 127. The highest BCUT2D eigenvalue weighted by molar-refractivity contribution is 14.1. The summed E-state index contributed by atoms with van der Waals surface area (Å²) < 4.78 is 25.5. The maximum absolute atomic E-state index is 13.4. The van der Waals surface area contributed by atoms with Crippen molar-refractivity contribution in [3.63, 3.8) is 0 Å². The van der Waals surface area contributed by atoms with E-state index in [-0.39, 0.29) is 22.1 Å². The van der Waals surface area contributed by atoms with Gasteiger partial charge in [0.05, 0.1) is 27.2 Å². The predicted octanol–water partition coefficient (Wildman–Crippen LogP) is 3.68. The van der Waals surface area contributed by atoms with Crippen molar-refractivity contribution in [1.29, 1.82) is 0 Å². The molecule has 0 atom stereocenters. The fourth-order valence-electron chi connectivity index (χ4n) is 3.21. The molecule has 34 heavy (non-hydrogen) atoms. The van der Waals surface area contributed by atoms with Gasteiger partial charge in [0, 0.05) is 9.26 Å². The first-order valence-electron chi connectivity index (χ1n) is 9.97. The second-order valence-corrected chi connectivity index (χ2v) is 11.2. The average Bonchev–Trinajstić information content (AvgIpc) is 2.79. The third kappa shape index (κ3) is 5.49. The molecule has 1 aromatic heterocycles. The Hall–Kier alpha value is -2.74. The van der Waals surface area contributed by atoms with E-state index in [1.807, 2.05) is 37.3 Å². The highest BCUT2D eigenvalue weighted by Crippen LogP contribution is 2.23. The lowest BCUT2D eigenvalue weighted by molar-refractivity contribution is -0.113. The van der Waals surface area contributed by atoms with Crippen molar-refractivity contribution in [1.82, 2.24) is 9.55 Å². The first kappa shape index (κ1) is 24.4. The SMILES string of the molecule is Cc1ccc(NC(=O)CSc2nc3ccc(I)cc3c(=O)n2-c2ccc(S(N)(=O)=O)cc2)cc1. The van der Waals surface area contributed by atoms with Crippen LogP contribution in [0.25, 0.3) is 16.6 Å². The normalized spacial score (nSPS) is 11.5. The van der Waals surface area contributed by atoms with Crippen LogP contribution in [-0.2, 0) is 14.8 Å². The molecule has 0 fully saturated rings. The zero-order chi connectivity index (χ0) is 24.5. The Labute approximate surface area is 213 Å². The number of sulfonamides is 1. The van der Waals surface area contributed by atoms with Gasteiger partial charge in [-0.05, 0) is 84.1 Å². The van der Waals surface area contributed by atoms with Gasteiger partial charge in [-0.25, -0.2) is 18.5 Å². The summed E-state index contributed by atoms with van der Waals surface area (Å²) in [5, 5.41) is 8.74. The maximum atomic E-state index is 13.4. The summed E-state index contributed by atoms with van der Waals surface area (Å²) in [5.41, 5.74) is 2.35. The van der Waals surface area contributed by atoms with Crippen molar-refractivity contribution in [2.45, 2.75) is 17.0 Å². The minimum atomic E-state index is -3.88. The molecule has 0 aliphatic rings. The summed E-state index contributed by atoms with van der Waals surface area (Å²) in [4.78, 5) is 30.5. The van der Waals surface area contributed by atoms with E-state index in [0.29, 0.717) is 27.4 Å². The summed E-state index contributed by atoms with van der Waals surface area (Å²) in [6.45, 7) is 1.96. The number of amides is 1. The van der Waals surface area contributed by atoms with Gasteiger partial charge >= 0.3 is 0 Å². The predicted molar refractivity (Wildman–Crippen MR) is 142 cm³/mol. The molecule has 8 nitrogen and oxygen atoms in total. The molecule has 0 bridgehead atoms. The fraction of sp³-hybridized carbons (Fsp3) is 0.0870. The molecule has 4 aromatic rings. The van der Waals surface area contributed by atoms with Crippen LogP contribution in [-0.4, -0.2) is 29.6 Å². The molecular formula is C23H19IN4O4S2. The number of anilines is 1. The van der Waals surface area contributed by atoms with Crippen LogP contribution in [0.3, 0.4) is 0 Å². The zero-order valence-electron chi connectivity index (χ0n) is 17.9. The number of thioether (sulfide) groups is 1. The van der Waals surface area contributed by atoms with Gasteiger partial charge in [-0.3, -0.25) is 14.2 Å². The maximum Gasteiger partial charge on any atom is 0.266 e. The largest absolute Gasteiger partial charge is 0.325 e. The van der Waals surface area contributed by atoms with Crippen molar-refractivity contribution < 1.29 is 13.2 Å². The molecule has 0 radical (unpaired) electrons. The van der Waals surface area contributed by atoms with E-state index in [1.165, 1.54) is 28.8 Å². The first-order chi connectivity index (χ1) is 16.1. The first-order valence-corrected chi connectivity index (χ1v) is 13.6. The fourth-order valence-corrected chi connectivity index (χ4v) is 5.03. The molecular weight excluding hydrogens is 587 g/mol. The summed E-state index contributed by atoms with van der Waals surface area (Å²) in [6, 6.07) is 18.4. The Morgan fingerprint density at radius 2 is 1.76 bits per heavy atom. The smallest absolute Gasteiger partial charge is 0.266 e. The third-order valence-corrected chi connectivity index (χ3v) is 7.43. The van der Waals surface area contributed by atoms with E-state index < -0.39 is 10.0 Å². The van der Waals surface area contributed by atoms with Gasteiger partial charge < -0.3 is 5.32 Å². The van der Waals surface area contributed by atoms with Gasteiger partial charge in [0.2, 0.25) is 15.9 Å². The Morgan fingerprint density at radius 3 is 2.41 bits per heavy atom. The van der Waals surface area contributed by atoms with Crippen LogP contribution < -0.4 is 16.0 Å². The number of aromatic nitrogens is 2. The van der Waals surface area contributed by atoms with Crippen molar-refractivity contribution >= 4 is 66.9 Å². The van der Waals surface area contributed by atoms with Gasteiger partial charge in [0.15, 0.2) is 5.16 Å². The van der Waals surface area contributed by atoms with Crippen LogP contribution in [0.4, 0.5) is 5.69 Å². The number of rotatable bonds is 6. The topological polar surface area (TPSA) is 124 Å². The lowest BCUT2D eigenvalue weighted by Crippen LogP contribution is -2.23. The number of benzene rings is 3. The van der Waals surface area contributed by atoms with E-state index in [1.54, 1.807) is 12.1 Å². The second kappa shape index (κ2) is 9.86. The molecule has 174 valence electrons. The molecule has 0 aliphatic carbocycles. The molecule has 1 amide bonds. The monoisotopic (exact) mass is 606 g/mol. The van der Waals surface area contributed by atoms with Gasteiger partial charge in [0.25, 0.3) is 5.56 Å². The number of nitrogens with zero attached hydrogens (tertiary/aromatic N) is 2. The lowest BCUT2D eigenvalue weighted by atomic mass is 10.2. The van der Waals surface area contributed by atoms with E-state index in [4.69, 9.17) is 5.14 Å². The van der Waals surface area contributed by atoms with Crippen molar-refractivity contribution in [2.75, 3.05) is 11.1 Å². The van der Waals surface area contributed by atoms with Crippen LogP contribution in [0.1, 0.15) is 5.56 Å². The minimum Gasteiger partial charge on any atom is -0.325 e. The van der Waals surface area contributed by atoms with Crippen LogP contribution in [0.5, 0.6) is 0 Å². The number of primary sulfonamides is 1. The second-order valence-electron chi connectivity index (χ2n) is 7.44. The van der Waals surface area contributed by atoms with Crippen LogP contribution in [0, 0.1) is 10.5 Å². The quantitative estimate of drug-likeness (QED) is 0.196. The highest BCUT2D eigenvalue weighted by Gasteiger charge is 2.16. The number of carbonyl (C=O) groups excluding carboxylic acids is 1. The molecule has 3 aromatic carbocycles. The van der Waals surface area contributed by atoms with E-state index >= 15 is 0 Å². The number of hydrogen-bond acceptors (Lipinski definition) is 6. The summed E-state index contributed by atoms with van der Waals surface area (Å²) in [5.74, 6) is -0.229. The molecule has 0 spiro atoms. The molecule has 4 rings (SSSR count). The Kier molecular flexibility index (Phi) is 7.07. The molecule has 3 N–H and O–H groups in total. The Morgan fingerprint density at radius 1 is 1.09 bits per heavy atom. The molecule has 0 saturated heterocycles. The molecule has 0 aliphatic heterocycles. The van der Waals surface area contributed by atoms with E-state index in [0.717, 1.165) is 20.9 Å². The standard InChI is InChI=1S/C23H19IN4O4S2/c1-14-2-5-16(6-3-14)26-21(29)13-33-23-27-20-11-4-15(24)12-19(20)22(30)28(23)17-7-9-18(10-8-17)34(25,31)32/h2-12H,13H2,1H3,(H,26,29)(H2,25,31,32). The van der Waals surface area contributed by atoms with Gasteiger partial charge in [-0.1, -0.05) is 29.5 Å². The summed E-state index contributed by atoms with van der Waals surface area (Å²) in [7, 11) is -3.88. The van der Waals surface area contributed by atoms with Gasteiger partial charge in [0.1, 0.15) is 0 Å². The number of aryl methyl sites for hydroxylation is 1. The van der Waals surface area contributed by atoms with Crippen molar-refractivity contribution in [3.8, 4) is 5.69 Å². The van der Waals surface area contributed by atoms with Crippen molar-refractivity contribution in [3.05, 3.63) is 86.2 Å². The third-order valence-electron chi connectivity index (χ3n) is 4.89. The summed E-state index contributed by atoms with van der Waals surface area (Å²) in [6.07, 6.45) is 0. The Bertz CT molecular complexity index is 1550. The number of halogens is 1. The van der Waals surface area contributed by atoms with E-state index in [9.17, 15) is 18.0 Å². The number of hydrogen-bond donors (Lipinski definition) is 2. The van der Waals surface area contributed by atoms with E-state index in [2.05, 4.69) is 32.9 Å². The number of carbonyl (C=O) groups is 1. The van der Waals surface area contributed by atoms with Crippen LogP contribution in [0.15, 0.2) is 81.6 Å². The zero-order valence-corrected chi connectivity index (χ0v) is 21.6. The van der Waals surface area contributed by atoms with Gasteiger partial charge in [-0.15, -0.1) is 0 Å². The molecule has 1 heterocycles. The van der Waals surface area contributed by atoms with Crippen LogP contribution >= 0.6 is 34.4 Å². The Balaban J connectivity index is 1.71. The molecule has 11 heteroatoms. The number of fused-ring (bicyclic) bond motifs is 1. The number of nitrogens with one attached hydrogen (secondary N) is 1. The number of nitrogens with two attached hydrogens (primary N) is 1. The lowest BCUT2D eigenvalue weighted by Gasteiger charge is -2.14.